The van der Waals surface area contributed by atoms with Crippen LogP contribution in [-0.4, -0.2) is 34.1 Å². The maximum atomic E-state index is 11.2. The van der Waals surface area contributed by atoms with Crippen LogP contribution in [0.15, 0.2) is 48.5 Å². The first kappa shape index (κ1) is 21.3. The van der Waals surface area contributed by atoms with Gasteiger partial charge in [0, 0.05) is 47.7 Å². The number of aromatic amines is 1. The minimum atomic E-state index is -0.518. The molecular formula is C26H31N3O2. The first-order chi connectivity index (χ1) is 14.8. The number of aromatic nitrogens is 1. The van der Waals surface area contributed by atoms with Crippen LogP contribution >= 0.6 is 0 Å². The van der Waals surface area contributed by atoms with Gasteiger partial charge in [-0.1, -0.05) is 57.2 Å². The van der Waals surface area contributed by atoms with Crippen molar-refractivity contribution < 1.29 is 10.0 Å². The van der Waals surface area contributed by atoms with E-state index in [1.54, 1.807) is 11.6 Å². The summed E-state index contributed by atoms with van der Waals surface area (Å²) in [5.41, 5.74) is 9.38. The number of rotatable bonds is 5. The molecule has 31 heavy (non-hydrogen) atoms. The van der Waals surface area contributed by atoms with Gasteiger partial charge in [0.05, 0.1) is 0 Å². The summed E-state index contributed by atoms with van der Waals surface area (Å²) in [4.78, 5) is 17.4. The lowest BCUT2D eigenvalue weighted by atomic mass is 9.87. The third kappa shape index (κ3) is 4.73. The number of carbonyl (C=O) groups excluding carboxylic acids is 1. The molecule has 0 saturated heterocycles. The van der Waals surface area contributed by atoms with Crippen molar-refractivity contribution in [3.63, 3.8) is 0 Å². The fraction of sp³-hybridized carbons (Fsp3) is 0.346. The van der Waals surface area contributed by atoms with Crippen molar-refractivity contribution in [1.29, 1.82) is 0 Å². The van der Waals surface area contributed by atoms with Crippen LogP contribution in [-0.2, 0) is 29.6 Å². The number of amides is 1. The third-order valence-electron chi connectivity index (χ3n) is 6.10. The summed E-state index contributed by atoms with van der Waals surface area (Å²) in [6, 6.07) is 14.9. The second-order valence-electron chi connectivity index (χ2n) is 9.39. The van der Waals surface area contributed by atoms with Gasteiger partial charge < -0.3 is 4.98 Å². The Hall–Kier alpha value is -2.89. The predicted octanol–water partition coefficient (Wildman–Crippen LogP) is 4.58. The first-order valence-electron chi connectivity index (χ1n) is 10.9. The van der Waals surface area contributed by atoms with Crippen LogP contribution in [0, 0.1) is 0 Å². The lowest BCUT2D eigenvalue weighted by Crippen LogP contribution is -2.32. The highest BCUT2D eigenvalue weighted by molar-refractivity contribution is 5.90. The molecule has 0 spiro atoms. The molecule has 4 rings (SSSR count). The zero-order valence-electron chi connectivity index (χ0n) is 18.5. The van der Waals surface area contributed by atoms with Gasteiger partial charge in [-0.3, -0.25) is 14.9 Å². The fourth-order valence-corrected chi connectivity index (χ4v) is 4.50. The van der Waals surface area contributed by atoms with Crippen molar-refractivity contribution in [3.8, 4) is 0 Å². The van der Waals surface area contributed by atoms with E-state index in [-0.39, 0.29) is 5.41 Å². The number of hydrogen-bond donors (Lipinski definition) is 3. The van der Waals surface area contributed by atoms with E-state index in [1.807, 2.05) is 6.07 Å². The minimum Gasteiger partial charge on any atom is -0.358 e. The summed E-state index contributed by atoms with van der Waals surface area (Å²) >= 11 is 0. The molecule has 0 unspecified atom stereocenters. The van der Waals surface area contributed by atoms with E-state index in [0.717, 1.165) is 38.0 Å². The zero-order valence-corrected chi connectivity index (χ0v) is 18.5. The van der Waals surface area contributed by atoms with Gasteiger partial charge >= 0.3 is 0 Å². The molecule has 1 amide bonds. The lowest BCUT2D eigenvalue weighted by molar-refractivity contribution is -0.124. The molecule has 5 nitrogen and oxygen atoms in total. The number of benzene rings is 2. The van der Waals surface area contributed by atoms with Crippen LogP contribution < -0.4 is 5.48 Å². The van der Waals surface area contributed by atoms with Crippen molar-refractivity contribution >= 4 is 22.9 Å². The Morgan fingerprint density at radius 3 is 2.77 bits per heavy atom. The van der Waals surface area contributed by atoms with Crippen molar-refractivity contribution in [2.45, 2.75) is 45.6 Å². The van der Waals surface area contributed by atoms with E-state index in [0.29, 0.717) is 0 Å². The first-order valence-corrected chi connectivity index (χ1v) is 10.9. The standard InChI is InChI=1S/C26H31N3O2/c1-26(2,3)25-22(21-6-4-5-7-23(21)27-25)13-15-29-14-12-19-16-18(8-10-20(19)17-29)9-11-24(30)28-31/h4-11,16,27,31H,12-15,17H2,1-3H3,(H,28,30)/b11-9+. The molecule has 1 aliphatic heterocycles. The molecule has 0 atom stereocenters. The zero-order chi connectivity index (χ0) is 22.0. The number of carbonyl (C=O) groups is 1. The van der Waals surface area contributed by atoms with Gasteiger partial charge in [-0.05, 0) is 47.2 Å². The average molecular weight is 418 g/mol. The average Bonchev–Trinajstić information content (AvgIpc) is 3.15. The van der Waals surface area contributed by atoms with E-state index in [4.69, 9.17) is 5.21 Å². The van der Waals surface area contributed by atoms with Gasteiger partial charge in [-0.2, -0.15) is 0 Å². The van der Waals surface area contributed by atoms with Gasteiger partial charge in [0.25, 0.3) is 5.91 Å². The van der Waals surface area contributed by atoms with Crippen molar-refractivity contribution in [1.82, 2.24) is 15.4 Å². The number of nitrogens with one attached hydrogen (secondary N) is 2. The van der Waals surface area contributed by atoms with E-state index < -0.39 is 5.91 Å². The number of hydrogen-bond acceptors (Lipinski definition) is 3. The molecule has 0 aliphatic carbocycles. The monoisotopic (exact) mass is 417 g/mol. The van der Waals surface area contributed by atoms with E-state index in [1.165, 1.54) is 39.4 Å². The molecule has 1 aromatic heterocycles. The summed E-state index contributed by atoms with van der Waals surface area (Å²) in [5.74, 6) is -0.518. The van der Waals surface area contributed by atoms with Gasteiger partial charge in [-0.15, -0.1) is 0 Å². The Kier molecular flexibility index (Phi) is 5.99. The number of H-pyrrole nitrogens is 1. The maximum absolute atomic E-state index is 11.2. The molecule has 2 aromatic carbocycles. The Morgan fingerprint density at radius 1 is 1.19 bits per heavy atom. The predicted molar refractivity (Wildman–Crippen MR) is 125 cm³/mol. The summed E-state index contributed by atoms with van der Waals surface area (Å²) in [6.45, 7) is 9.83. The number of nitrogens with zero attached hydrogens (tertiary/aromatic N) is 1. The molecule has 162 valence electrons. The minimum absolute atomic E-state index is 0.0830. The van der Waals surface area contributed by atoms with E-state index in [2.05, 4.69) is 67.1 Å². The highest BCUT2D eigenvalue weighted by Gasteiger charge is 2.23. The van der Waals surface area contributed by atoms with Crippen molar-refractivity contribution in [2.24, 2.45) is 0 Å². The molecular weight excluding hydrogens is 386 g/mol. The fourth-order valence-electron chi connectivity index (χ4n) is 4.50. The van der Waals surface area contributed by atoms with Crippen molar-refractivity contribution in [2.75, 3.05) is 13.1 Å². The summed E-state index contributed by atoms with van der Waals surface area (Å²) < 4.78 is 0. The van der Waals surface area contributed by atoms with Gasteiger partial charge in [0.1, 0.15) is 0 Å². The Morgan fingerprint density at radius 2 is 2.00 bits per heavy atom. The maximum Gasteiger partial charge on any atom is 0.267 e. The van der Waals surface area contributed by atoms with Gasteiger partial charge in [-0.25, -0.2) is 5.48 Å². The van der Waals surface area contributed by atoms with Crippen LogP contribution in [0.3, 0.4) is 0 Å². The smallest absolute Gasteiger partial charge is 0.267 e. The molecule has 3 N–H and O–H groups in total. The molecule has 2 heterocycles. The third-order valence-corrected chi connectivity index (χ3v) is 6.10. The summed E-state index contributed by atoms with van der Waals surface area (Å²) in [6.07, 6.45) is 5.10. The van der Waals surface area contributed by atoms with Crippen molar-refractivity contribution in [3.05, 3.63) is 76.5 Å². The SMILES string of the molecule is CC(C)(C)c1[nH]c2ccccc2c1CCN1CCc2cc(/C=C/C(=O)NO)ccc2C1. The molecule has 0 radical (unpaired) electrons. The van der Waals surface area contributed by atoms with E-state index >= 15 is 0 Å². The second kappa shape index (κ2) is 8.69. The largest absolute Gasteiger partial charge is 0.358 e. The Bertz CT molecular complexity index is 1120. The highest BCUT2D eigenvalue weighted by Crippen LogP contribution is 2.32. The van der Waals surface area contributed by atoms with E-state index in [9.17, 15) is 4.79 Å². The molecule has 0 saturated carbocycles. The lowest BCUT2D eigenvalue weighted by Gasteiger charge is -2.29. The van der Waals surface area contributed by atoms with Crippen LogP contribution in [0.2, 0.25) is 0 Å². The molecule has 0 fully saturated rings. The van der Waals surface area contributed by atoms with Crippen LogP contribution in [0.25, 0.3) is 17.0 Å². The van der Waals surface area contributed by atoms with Crippen LogP contribution in [0.5, 0.6) is 0 Å². The van der Waals surface area contributed by atoms with Gasteiger partial charge in [0.2, 0.25) is 0 Å². The number of para-hydroxylation sites is 1. The summed E-state index contributed by atoms with van der Waals surface area (Å²) in [7, 11) is 0. The number of fused-ring (bicyclic) bond motifs is 2. The van der Waals surface area contributed by atoms with Crippen LogP contribution in [0.4, 0.5) is 0 Å². The second-order valence-corrected chi connectivity index (χ2v) is 9.39. The molecule has 0 bridgehead atoms. The normalized spacial score (nSPS) is 14.8. The molecule has 5 heteroatoms. The number of hydroxylamine groups is 1. The Balaban J connectivity index is 1.47. The summed E-state index contributed by atoms with van der Waals surface area (Å²) in [5, 5.41) is 9.96. The molecule has 3 aromatic rings. The van der Waals surface area contributed by atoms with Gasteiger partial charge in [0.15, 0.2) is 0 Å². The topological polar surface area (TPSA) is 68.4 Å². The Labute approximate surface area is 183 Å². The van der Waals surface area contributed by atoms with Crippen LogP contribution in [0.1, 0.15) is 48.7 Å². The quantitative estimate of drug-likeness (QED) is 0.323. The highest BCUT2D eigenvalue weighted by atomic mass is 16.5. The molecule has 1 aliphatic rings.